The lowest BCUT2D eigenvalue weighted by molar-refractivity contribution is 0.0139. The first-order chi connectivity index (χ1) is 12.4. The maximum atomic E-state index is 12.2. The predicted molar refractivity (Wildman–Crippen MR) is 104 cm³/mol. The van der Waals surface area contributed by atoms with E-state index in [4.69, 9.17) is 9.47 Å². The van der Waals surface area contributed by atoms with Crippen LogP contribution in [0, 0.1) is 0 Å². The molecule has 0 aliphatic carbocycles. The average molecular weight is 356 g/mol. The molecule has 0 aromatic heterocycles. The monoisotopic (exact) mass is 356 g/mol. The number of amides is 1. The lowest BCUT2D eigenvalue weighted by Gasteiger charge is -2.35. The third kappa shape index (κ3) is 4.28. The van der Waals surface area contributed by atoms with Gasteiger partial charge in [0.1, 0.15) is 11.4 Å². The molecule has 1 amide bonds. The predicted octanol–water partition coefficient (Wildman–Crippen LogP) is 3.90. The molecule has 1 aliphatic rings. The Morgan fingerprint density at radius 2 is 1.73 bits per heavy atom. The van der Waals surface area contributed by atoms with Gasteiger partial charge in [0.25, 0.3) is 0 Å². The van der Waals surface area contributed by atoms with Gasteiger partial charge in [0, 0.05) is 38.3 Å². The molecule has 0 bridgehead atoms. The third-order valence-electron chi connectivity index (χ3n) is 4.62. The Labute approximate surface area is 155 Å². The number of methoxy groups -OCH3 is 1. The summed E-state index contributed by atoms with van der Waals surface area (Å²) in [5.74, 6) is 0.915. The average Bonchev–Trinajstić information content (AvgIpc) is 2.61. The standard InChI is InChI=1S/C21H28N2O3/c1-21(2,3)26-20(24)23-13-11-22(12-14-23)15-18-17-8-6-5-7-16(17)9-10-19(18)25-4/h5-10H,11-15H2,1-4H3. The first kappa shape index (κ1) is 18.5. The van der Waals surface area contributed by atoms with Crippen LogP contribution in [0.1, 0.15) is 26.3 Å². The summed E-state index contributed by atoms with van der Waals surface area (Å²) >= 11 is 0. The minimum Gasteiger partial charge on any atom is -0.496 e. The highest BCUT2D eigenvalue weighted by molar-refractivity contribution is 5.87. The van der Waals surface area contributed by atoms with E-state index in [0.29, 0.717) is 13.1 Å². The largest absolute Gasteiger partial charge is 0.496 e. The van der Waals surface area contributed by atoms with Crippen molar-refractivity contribution in [2.75, 3.05) is 33.3 Å². The second-order valence-electron chi connectivity index (χ2n) is 7.71. The van der Waals surface area contributed by atoms with Gasteiger partial charge in [0.15, 0.2) is 0 Å². The fourth-order valence-corrected chi connectivity index (χ4v) is 3.31. The van der Waals surface area contributed by atoms with Crippen LogP contribution >= 0.6 is 0 Å². The van der Waals surface area contributed by atoms with Crippen LogP contribution in [0.5, 0.6) is 5.75 Å². The van der Waals surface area contributed by atoms with Gasteiger partial charge in [-0.2, -0.15) is 0 Å². The van der Waals surface area contributed by atoms with Crippen LogP contribution in [0.3, 0.4) is 0 Å². The van der Waals surface area contributed by atoms with E-state index >= 15 is 0 Å². The first-order valence-corrected chi connectivity index (χ1v) is 9.12. The first-order valence-electron chi connectivity index (χ1n) is 9.12. The quantitative estimate of drug-likeness (QED) is 0.836. The van der Waals surface area contributed by atoms with Gasteiger partial charge in [-0.15, -0.1) is 0 Å². The number of carbonyl (C=O) groups excluding carboxylic acids is 1. The van der Waals surface area contributed by atoms with Gasteiger partial charge < -0.3 is 14.4 Å². The molecule has 5 nitrogen and oxygen atoms in total. The zero-order valence-electron chi connectivity index (χ0n) is 16.1. The third-order valence-corrected chi connectivity index (χ3v) is 4.62. The van der Waals surface area contributed by atoms with Crippen LogP contribution in [-0.2, 0) is 11.3 Å². The van der Waals surface area contributed by atoms with Crippen LogP contribution in [-0.4, -0.2) is 54.8 Å². The van der Waals surface area contributed by atoms with E-state index in [1.54, 1.807) is 12.0 Å². The van der Waals surface area contributed by atoms with E-state index in [2.05, 4.69) is 35.2 Å². The summed E-state index contributed by atoms with van der Waals surface area (Å²) < 4.78 is 11.1. The highest BCUT2D eigenvalue weighted by Gasteiger charge is 2.26. The van der Waals surface area contributed by atoms with Gasteiger partial charge in [-0.1, -0.05) is 30.3 Å². The highest BCUT2D eigenvalue weighted by Crippen LogP contribution is 2.29. The minimum atomic E-state index is -0.454. The fraction of sp³-hybridized carbons (Fsp3) is 0.476. The molecule has 1 fully saturated rings. The molecule has 26 heavy (non-hydrogen) atoms. The van der Waals surface area contributed by atoms with Crippen molar-refractivity contribution in [2.24, 2.45) is 0 Å². The second kappa shape index (κ2) is 7.54. The van der Waals surface area contributed by atoms with Crippen molar-refractivity contribution in [3.05, 3.63) is 42.0 Å². The summed E-state index contributed by atoms with van der Waals surface area (Å²) in [6.07, 6.45) is -0.222. The molecule has 3 rings (SSSR count). The molecular weight excluding hydrogens is 328 g/mol. The van der Waals surface area contributed by atoms with Gasteiger partial charge in [-0.3, -0.25) is 4.90 Å². The number of nitrogens with zero attached hydrogens (tertiary/aromatic N) is 2. The van der Waals surface area contributed by atoms with Crippen LogP contribution in [0.4, 0.5) is 4.79 Å². The van der Waals surface area contributed by atoms with Crippen molar-refractivity contribution in [3.63, 3.8) is 0 Å². The molecule has 1 aliphatic heterocycles. The van der Waals surface area contributed by atoms with Crippen LogP contribution in [0.2, 0.25) is 0 Å². The SMILES string of the molecule is COc1ccc2ccccc2c1CN1CCN(C(=O)OC(C)(C)C)CC1. The zero-order valence-corrected chi connectivity index (χ0v) is 16.1. The summed E-state index contributed by atoms with van der Waals surface area (Å²) in [5.41, 5.74) is 0.751. The van der Waals surface area contributed by atoms with Gasteiger partial charge in [0.2, 0.25) is 0 Å². The van der Waals surface area contributed by atoms with Crippen LogP contribution in [0.25, 0.3) is 10.8 Å². The van der Waals surface area contributed by atoms with Gasteiger partial charge in [-0.25, -0.2) is 4.79 Å². The topological polar surface area (TPSA) is 42.0 Å². The number of hydrogen-bond acceptors (Lipinski definition) is 4. The molecule has 0 radical (unpaired) electrons. The maximum absolute atomic E-state index is 12.2. The number of piperazine rings is 1. The summed E-state index contributed by atoms with van der Waals surface area (Å²) in [5, 5.41) is 2.44. The molecular formula is C21H28N2O3. The number of ether oxygens (including phenoxy) is 2. The fourth-order valence-electron chi connectivity index (χ4n) is 3.31. The van der Waals surface area contributed by atoms with Crippen molar-refractivity contribution in [1.82, 2.24) is 9.80 Å². The molecule has 0 atom stereocenters. The molecule has 2 aromatic carbocycles. The molecule has 140 valence electrons. The Kier molecular flexibility index (Phi) is 5.37. The number of hydrogen-bond donors (Lipinski definition) is 0. The Bertz CT molecular complexity index is 774. The number of fused-ring (bicyclic) bond motifs is 1. The van der Waals surface area contributed by atoms with E-state index in [-0.39, 0.29) is 6.09 Å². The van der Waals surface area contributed by atoms with Gasteiger partial charge >= 0.3 is 6.09 Å². The van der Waals surface area contributed by atoms with E-state index in [0.717, 1.165) is 25.4 Å². The maximum Gasteiger partial charge on any atom is 0.410 e. The molecule has 2 aromatic rings. The van der Waals surface area contributed by atoms with Gasteiger partial charge in [-0.05, 0) is 37.6 Å². The minimum absolute atomic E-state index is 0.222. The molecule has 0 N–H and O–H groups in total. The lowest BCUT2D eigenvalue weighted by Crippen LogP contribution is -2.49. The Balaban J connectivity index is 1.68. The number of carbonyl (C=O) groups is 1. The highest BCUT2D eigenvalue weighted by atomic mass is 16.6. The Morgan fingerprint density at radius 3 is 2.38 bits per heavy atom. The van der Waals surface area contributed by atoms with Crippen molar-refractivity contribution >= 4 is 16.9 Å². The lowest BCUT2D eigenvalue weighted by atomic mass is 10.0. The smallest absolute Gasteiger partial charge is 0.410 e. The molecule has 1 saturated heterocycles. The summed E-state index contributed by atoms with van der Waals surface area (Å²) in [7, 11) is 1.72. The molecule has 0 unspecified atom stereocenters. The Hall–Kier alpha value is -2.27. The van der Waals surface area contributed by atoms with Crippen molar-refractivity contribution < 1.29 is 14.3 Å². The van der Waals surface area contributed by atoms with Crippen LogP contribution < -0.4 is 4.74 Å². The van der Waals surface area contributed by atoms with E-state index < -0.39 is 5.60 Å². The van der Waals surface area contributed by atoms with Crippen molar-refractivity contribution in [1.29, 1.82) is 0 Å². The van der Waals surface area contributed by atoms with Crippen molar-refractivity contribution in [2.45, 2.75) is 32.9 Å². The Morgan fingerprint density at radius 1 is 1.04 bits per heavy atom. The molecule has 0 spiro atoms. The van der Waals surface area contributed by atoms with Crippen LogP contribution in [0.15, 0.2) is 36.4 Å². The van der Waals surface area contributed by atoms with Crippen molar-refractivity contribution in [3.8, 4) is 5.75 Å². The normalized spacial score (nSPS) is 15.9. The molecule has 5 heteroatoms. The second-order valence-corrected chi connectivity index (χ2v) is 7.71. The summed E-state index contributed by atoms with van der Waals surface area (Å²) in [4.78, 5) is 16.4. The summed E-state index contributed by atoms with van der Waals surface area (Å²) in [6, 6.07) is 12.5. The molecule has 0 saturated carbocycles. The van der Waals surface area contributed by atoms with E-state index in [1.165, 1.54) is 16.3 Å². The van der Waals surface area contributed by atoms with E-state index in [9.17, 15) is 4.79 Å². The van der Waals surface area contributed by atoms with Gasteiger partial charge in [0.05, 0.1) is 7.11 Å². The molecule has 1 heterocycles. The van der Waals surface area contributed by atoms with E-state index in [1.807, 2.05) is 26.8 Å². The zero-order chi connectivity index (χ0) is 18.7. The summed E-state index contributed by atoms with van der Waals surface area (Å²) in [6.45, 7) is 9.52. The number of rotatable bonds is 3. The number of benzene rings is 2.